The molecular weight excluding hydrogens is 389 g/mol. The van der Waals surface area contributed by atoms with Crippen molar-refractivity contribution in [2.24, 2.45) is 0 Å². The van der Waals surface area contributed by atoms with Crippen molar-refractivity contribution < 1.29 is 21.6 Å². The Labute approximate surface area is 164 Å². The van der Waals surface area contributed by atoms with Crippen LogP contribution in [-0.2, 0) is 10.0 Å². The minimum absolute atomic E-state index is 0.102. The van der Waals surface area contributed by atoms with Crippen molar-refractivity contribution in [2.75, 3.05) is 18.0 Å². The van der Waals surface area contributed by atoms with Crippen molar-refractivity contribution in [2.45, 2.75) is 44.8 Å². The molecule has 0 fully saturated rings. The Bertz CT molecular complexity index is 890. The molecule has 0 heterocycles. The van der Waals surface area contributed by atoms with Crippen molar-refractivity contribution in [3.8, 4) is 0 Å². The number of para-hydroxylation sites is 1. The molecule has 2 aromatic carbocycles. The zero-order chi connectivity index (χ0) is 21.1. The van der Waals surface area contributed by atoms with E-state index in [-0.39, 0.29) is 4.90 Å². The standard InChI is InChI=1S/C20H25F3N2O2S/c1-5-25(17-9-7-6-8-10-17)13-18(20(21,22)23)24-28(26,27)19-15(3)11-14(2)12-16(19)4/h6-12,18,24H,5,13H2,1-4H3. The average Bonchev–Trinajstić information content (AvgIpc) is 2.57. The zero-order valence-corrected chi connectivity index (χ0v) is 17.2. The van der Waals surface area contributed by atoms with Crippen molar-refractivity contribution >= 4 is 15.7 Å². The van der Waals surface area contributed by atoms with Crippen LogP contribution in [0.2, 0.25) is 0 Å². The Morgan fingerprint density at radius 2 is 1.57 bits per heavy atom. The monoisotopic (exact) mass is 414 g/mol. The number of rotatable bonds is 7. The second-order valence-electron chi connectivity index (χ2n) is 6.82. The molecule has 0 spiro atoms. The van der Waals surface area contributed by atoms with Crippen LogP contribution in [0.15, 0.2) is 47.4 Å². The van der Waals surface area contributed by atoms with Gasteiger partial charge in [-0.05, 0) is 51.0 Å². The van der Waals surface area contributed by atoms with E-state index in [0.717, 1.165) is 5.56 Å². The molecule has 0 bridgehead atoms. The third-order valence-electron chi connectivity index (χ3n) is 4.47. The van der Waals surface area contributed by atoms with Crippen LogP contribution < -0.4 is 9.62 Å². The molecule has 1 atom stereocenters. The first-order valence-corrected chi connectivity index (χ1v) is 10.4. The van der Waals surface area contributed by atoms with Crippen molar-refractivity contribution in [1.29, 1.82) is 0 Å². The molecule has 1 unspecified atom stereocenters. The molecule has 28 heavy (non-hydrogen) atoms. The lowest BCUT2D eigenvalue weighted by atomic mass is 10.1. The number of aryl methyl sites for hydroxylation is 3. The molecule has 0 aliphatic rings. The number of likely N-dealkylation sites (N-methyl/N-ethyl adjacent to an activating group) is 1. The van der Waals surface area contributed by atoms with Gasteiger partial charge < -0.3 is 4.90 Å². The number of benzene rings is 2. The zero-order valence-electron chi connectivity index (χ0n) is 16.3. The van der Waals surface area contributed by atoms with Crippen LogP contribution in [0.25, 0.3) is 0 Å². The maximum Gasteiger partial charge on any atom is 0.406 e. The van der Waals surface area contributed by atoms with Gasteiger partial charge in [0, 0.05) is 18.8 Å². The van der Waals surface area contributed by atoms with Crippen LogP contribution >= 0.6 is 0 Å². The van der Waals surface area contributed by atoms with Crippen LogP contribution in [0.4, 0.5) is 18.9 Å². The molecule has 0 saturated carbocycles. The van der Waals surface area contributed by atoms with Gasteiger partial charge >= 0.3 is 6.18 Å². The number of nitrogens with one attached hydrogen (secondary N) is 1. The molecule has 2 aromatic rings. The molecule has 2 rings (SSSR count). The summed E-state index contributed by atoms with van der Waals surface area (Å²) in [4.78, 5) is 1.39. The Morgan fingerprint density at radius 1 is 1.04 bits per heavy atom. The van der Waals surface area contributed by atoms with Gasteiger partial charge in [-0.25, -0.2) is 8.42 Å². The normalized spacial score (nSPS) is 13.4. The first-order chi connectivity index (χ1) is 13.0. The summed E-state index contributed by atoms with van der Waals surface area (Å²) < 4.78 is 68.6. The van der Waals surface area contributed by atoms with Crippen LogP contribution in [0.3, 0.4) is 0 Å². The van der Waals surface area contributed by atoms with E-state index in [9.17, 15) is 21.6 Å². The average molecular weight is 414 g/mol. The molecule has 154 valence electrons. The fourth-order valence-electron chi connectivity index (χ4n) is 3.32. The summed E-state index contributed by atoms with van der Waals surface area (Å²) in [6.45, 7) is 6.48. The molecule has 1 N–H and O–H groups in total. The smallest absolute Gasteiger partial charge is 0.370 e. The molecule has 0 aliphatic heterocycles. The highest BCUT2D eigenvalue weighted by atomic mass is 32.2. The summed E-state index contributed by atoms with van der Waals surface area (Å²) in [5.41, 5.74) is 2.28. The summed E-state index contributed by atoms with van der Waals surface area (Å²) in [6.07, 6.45) is -4.73. The lowest BCUT2D eigenvalue weighted by molar-refractivity contribution is -0.149. The van der Waals surface area contributed by atoms with E-state index in [0.29, 0.717) is 23.4 Å². The summed E-state index contributed by atoms with van der Waals surface area (Å²) in [7, 11) is -4.35. The van der Waals surface area contributed by atoms with Crippen LogP contribution in [-0.4, -0.2) is 33.7 Å². The first-order valence-electron chi connectivity index (χ1n) is 8.92. The second kappa shape index (κ2) is 8.53. The quantitative estimate of drug-likeness (QED) is 0.733. The number of halogens is 3. The summed E-state index contributed by atoms with van der Waals surface area (Å²) in [5, 5.41) is 0. The third-order valence-corrected chi connectivity index (χ3v) is 6.25. The molecule has 8 heteroatoms. The summed E-state index contributed by atoms with van der Waals surface area (Å²) >= 11 is 0. The Morgan fingerprint density at radius 3 is 2.04 bits per heavy atom. The number of alkyl halides is 3. The fourth-order valence-corrected chi connectivity index (χ4v) is 4.99. The number of anilines is 1. The largest absolute Gasteiger partial charge is 0.406 e. The van der Waals surface area contributed by atoms with E-state index in [2.05, 4.69) is 0 Å². The second-order valence-corrected chi connectivity index (χ2v) is 8.47. The third kappa shape index (κ3) is 5.26. The predicted octanol–water partition coefficient (Wildman–Crippen LogP) is 4.35. The lowest BCUT2D eigenvalue weighted by Gasteiger charge is -2.30. The van der Waals surface area contributed by atoms with E-state index >= 15 is 0 Å². The lowest BCUT2D eigenvalue weighted by Crippen LogP contribution is -2.52. The number of nitrogens with zero attached hydrogens (tertiary/aromatic N) is 1. The highest BCUT2D eigenvalue weighted by Gasteiger charge is 2.43. The predicted molar refractivity (Wildman–Crippen MR) is 105 cm³/mol. The van der Waals surface area contributed by atoms with E-state index in [1.165, 1.54) is 4.90 Å². The van der Waals surface area contributed by atoms with E-state index < -0.39 is 28.8 Å². The number of hydrogen-bond acceptors (Lipinski definition) is 3. The van der Waals surface area contributed by atoms with Crippen LogP contribution in [0.5, 0.6) is 0 Å². The Hall–Kier alpha value is -2.06. The molecule has 4 nitrogen and oxygen atoms in total. The highest BCUT2D eigenvalue weighted by molar-refractivity contribution is 7.89. The maximum atomic E-state index is 13.7. The molecule has 0 aliphatic carbocycles. The Balaban J connectivity index is 2.37. The van der Waals surface area contributed by atoms with Crippen LogP contribution in [0.1, 0.15) is 23.6 Å². The Kier molecular flexibility index (Phi) is 6.77. The minimum atomic E-state index is -4.73. The SMILES string of the molecule is CCN(CC(NS(=O)(=O)c1c(C)cc(C)cc1C)C(F)(F)F)c1ccccc1. The van der Waals surface area contributed by atoms with E-state index in [1.807, 2.05) is 4.72 Å². The van der Waals surface area contributed by atoms with Gasteiger partial charge in [-0.1, -0.05) is 35.9 Å². The maximum absolute atomic E-state index is 13.7. The van der Waals surface area contributed by atoms with Gasteiger partial charge in [0.05, 0.1) is 4.90 Å². The van der Waals surface area contributed by atoms with Gasteiger partial charge in [-0.15, -0.1) is 0 Å². The molecule has 0 saturated heterocycles. The summed E-state index contributed by atoms with van der Waals surface area (Å²) in [5.74, 6) is 0. The molecule has 0 radical (unpaired) electrons. The van der Waals surface area contributed by atoms with E-state index in [4.69, 9.17) is 0 Å². The van der Waals surface area contributed by atoms with Crippen molar-refractivity contribution in [1.82, 2.24) is 4.72 Å². The van der Waals surface area contributed by atoms with E-state index in [1.54, 1.807) is 70.2 Å². The summed E-state index contributed by atoms with van der Waals surface area (Å²) in [6, 6.07) is 9.66. The van der Waals surface area contributed by atoms with Gasteiger partial charge in [0.15, 0.2) is 0 Å². The highest BCUT2D eigenvalue weighted by Crippen LogP contribution is 2.27. The number of sulfonamides is 1. The first kappa shape index (κ1) is 22.2. The fraction of sp³-hybridized carbons (Fsp3) is 0.400. The van der Waals surface area contributed by atoms with Gasteiger partial charge in [0.25, 0.3) is 0 Å². The molecular formula is C20H25F3N2O2S. The number of hydrogen-bond donors (Lipinski definition) is 1. The van der Waals surface area contributed by atoms with Gasteiger partial charge in [-0.3, -0.25) is 0 Å². The van der Waals surface area contributed by atoms with Gasteiger partial charge in [-0.2, -0.15) is 17.9 Å². The van der Waals surface area contributed by atoms with Gasteiger partial charge in [0.2, 0.25) is 10.0 Å². The van der Waals surface area contributed by atoms with Crippen LogP contribution in [0, 0.1) is 20.8 Å². The van der Waals surface area contributed by atoms with Crippen molar-refractivity contribution in [3.63, 3.8) is 0 Å². The molecule has 0 aromatic heterocycles. The molecule has 0 amide bonds. The van der Waals surface area contributed by atoms with Gasteiger partial charge in [0.1, 0.15) is 6.04 Å². The topological polar surface area (TPSA) is 49.4 Å². The minimum Gasteiger partial charge on any atom is -0.370 e. The van der Waals surface area contributed by atoms with Crippen molar-refractivity contribution in [3.05, 3.63) is 59.2 Å².